The van der Waals surface area contributed by atoms with E-state index < -0.39 is 45.7 Å². The Bertz CT molecular complexity index is 796. The normalized spacial score (nSPS) is 26.1. The molecule has 0 radical (unpaired) electrons. The summed E-state index contributed by atoms with van der Waals surface area (Å²) in [6.07, 6.45) is 2.92. The molecule has 2 aliphatic rings. The second-order valence-electron chi connectivity index (χ2n) is 7.90. The molecule has 0 bridgehead atoms. The number of nitrogens with zero attached hydrogens (tertiary/aromatic N) is 1. The molecule has 0 unspecified atom stereocenters. The van der Waals surface area contributed by atoms with Gasteiger partial charge in [-0.25, -0.2) is 8.42 Å². The molecule has 0 aromatic heterocycles. The number of esters is 1. The van der Waals surface area contributed by atoms with Gasteiger partial charge in [0.1, 0.15) is 6.10 Å². The molecular formula is C18H30N4O6S. The van der Waals surface area contributed by atoms with Crippen LogP contribution in [-0.4, -0.2) is 62.6 Å². The van der Waals surface area contributed by atoms with Gasteiger partial charge in [-0.3, -0.25) is 19.1 Å². The fourth-order valence-corrected chi connectivity index (χ4v) is 4.79. The molecule has 0 saturated heterocycles. The van der Waals surface area contributed by atoms with E-state index in [4.69, 9.17) is 16.2 Å². The maximum absolute atomic E-state index is 12.2. The Balaban J connectivity index is 1.96. The summed E-state index contributed by atoms with van der Waals surface area (Å²) in [5.74, 6) is -3.76. The van der Waals surface area contributed by atoms with Crippen LogP contribution in [0.2, 0.25) is 0 Å². The van der Waals surface area contributed by atoms with E-state index in [2.05, 4.69) is 0 Å². The Morgan fingerprint density at radius 3 is 2.59 bits per heavy atom. The Kier molecular flexibility index (Phi) is 7.28. The van der Waals surface area contributed by atoms with Gasteiger partial charge in [0.25, 0.3) is 5.91 Å². The van der Waals surface area contributed by atoms with Crippen LogP contribution in [0.15, 0.2) is 11.8 Å². The minimum atomic E-state index is -4.22. The van der Waals surface area contributed by atoms with Crippen molar-refractivity contribution in [1.29, 1.82) is 0 Å². The van der Waals surface area contributed by atoms with Crippen LogP contribution in [-0.2, 0) is 29.1 Å². The minimum Gasteiger partial charge on any atom is -0.461 e. The molecule has 0 aromatic rings. The standard InChI is InChI=1S/C18H30N4O6S/c1-4-10(2)16(19)18(25)21-29(26,27)9-15(23)28-14-6-5-11-12(14)7-22(3)8-13(11)17(20)24/h8,10-12,14,16H,4-7,9,19H2,1-3H3,(H2,20,24)(H,21,25)/t10-,11+,12+,14-,16-/m0/s1. The largest absolute Gasteiger partial charge is 0.461 e. The first kappa shape index (κ1) is 23.1. The Morgan fingerprint density at radius 1 is 1.34 bits per heavy atom. The van der Waals surface area contributed by atoms with Gasteiger partial charge < -0.3 is 21.1 Å². The first-order valence-electron chi connectivity index (χ1n) is 9.66. The molecule has 5 N–H and O–H groups in total. The zero-order chi connectivity index (χ0) is 21.9. The third-order valence-corrected chi connectivity index (χ3v) is 6.83. The molecule has 0 spiro atoms. The van der Waals surface area contributed by atoms with Gasteiger partial charge in [0.15, 0.2) is 5.75 Å². The molecule has 5 atom stereocenters. The van der Waals surface area contributed by atoms with Crippen molar-refractivity contribution in [2.75, 3.05) is 19.3 Å². The molecule has 1 fully saturated rings. The van der Waals surface area contributed by atoms with Crippen LogP contribution in [0.25, 0.3) is 0 Å². The van der Waals surface area contributed by atoms with Crippen LogP contribution >= 0.6 is 0 Å². The number of rotatable bonds is 8. The van der Waals surface area contributed by atoms with E-state index in [1.54, 1.807) is 25.1 Å². The van der Waals surface area contributed by atoms with Gasteiger partial charge in [-0.2, -0.15) is 0 Å². The molecule has 0 aromatic carbocycles. The molecule has 1 aliphatic carbocycles. The molecule has 2 rings (SSSR count). The van der Waals surface area contributed by atoms with Crippen LogP contribution in [0.5, 0.6) is 0 Å². The van der Waals surface area contributed by atoms with Gasteiger partial charge >= 0.3 is 5.97 Å². The maximum Gasteiger partial charge on any atom is 0.323 e. The van der Waals surface area contributed by atoms with Gasteiger partial charge in [-0.05, 0) is 24.7 Å². The quantitative estimate of drug-likeness (QED) is 0.416. The van der Waals surface area contributed by atoms with Crippen LogP contribution in [0.3, 0.4) is 0 Å². The van der Waals surface area contributed by atoms with Crippen LogP contribution in [0.4, 0.5) is 0 Å². The van der Waals surface area contributed by atoms with E-state index in [-0.39, 0.29) is 17.8 Å². The van der Waals surface area contributed by atoms with Gasteiger partial charge in [0, 0.05) is 31.3 Å². The van der Waals surface area contributed by atoms with E-state index in [9.17, 15) is 22.8 Å². The number of primary amides is 1. The molecular weight excluding hydrogens is 400 g/mol. The van der Waals surface area contributed by atoms with E-state index in [1.165, 1.54) is 0 Å². The second kappa shape index (κ2) is 9.12. The van der Waals surface area contributed by atoms with Crippen molar-refractivity contribution in [1.82, 2.24) is 9.62 Å². The number of carbonyl (C=O) groups is 3. The fraction of sp³-hybridized carbons (Fsp3) is 0.722. The van der Waals surface area contributed by atoms with Crippen molar-refractivity contribution < 1.29 is 27.5 Å². The van der Waals surface area contributed by atoms with Gasteiger partial charge in [0.05, 0.1) is 6.04 Å². The number of ether oxygens (including phenoxy) is 1. The lowest BCUT2D eigenvalue weighted by Gasteiger charge is -2.34. The number of fused-ring (bicyclic) bond motifs is 1. The summed E-state index contributed by atoms with van der Waals surface area (Å²) in [5, 5.41) is 0. The highest BCUT2D eigenvalue weighted by atomic mass is 32.2. The number of hydrogen-bond acceptors (Lipinski definition) is 8. The second-order valence-corrected chi connectivity index (χ2v) is 9.62. The van der Waals surface area contributed by atoms with Gasteiger partial charge in [0.2, 0.25) is 15.9 Å². The van der Waals surface area contributed by atoms with E-state index in [0.29, 0.717) is 31.4 Å². The summed E-state index contributed by atoms with van der Waals surface area (Å²) in [7, 11) is -2.43. The highest BCUT2D eigenvalue weighted by molar-refractivity contribution is 7.90. The average Bonchev–Trinajstić information content (AvgIpc) is 3.00. The number of amides is 2. The minimum absolute atomic E-state index is 0.119. The fourth-order valence-electron chi connectivity index (χ4n) is 3.90. The Morgan fingerprint density at radius 2 is 2.00 bits per heavy atom. The predicted octanol–water partition coefficient (Wildman–Crippen LogP) is -0.942. The van der Waals surface area contributed by atoms with Gasteiger partial charge in [-0.15, -0.1) is 0 Å². The third kappa shape index (κ3) is 5.69. The van der Waals surface area contributed by atoms with Crippen LogP contribution in [0, 0.1) is 17.8 Å². The monoisotopic (exact) mass is 430 g/mol. The molecule has 1 aliphatic heterocycles. The smallest absolute Gasteiger partial charge is 0.323 e. The van der Waals surface area contributed by atoms with Gasteiger partial charge in [-0.1, -0.05) is 20.3 Å². The third-order valence-electron chi connectivity index (χ3n) is 5.71. The number of nitrogens with one attached hydrogen (secondary N) is 1. The van der Waals surface area contributed by atoms with E-state index in [0.717, 1.165) is 0 Å². The molecule has 1 heterocycles. The van der Waals surface area contributed by atoms with Crippen molar-refractivity contribution in [2.45, 2.75) is 45.3 Å². The zero-order valence-electron chi connectivity index (χ0n) is 17.0. The molecule has 2 amide bonds. The first-order valence-corrected chi connectivity index (χ1v) is 11.3. The van der Waals surface area contributed by atoms with Crippen LogP contribution < -0.4 is 16.2 Å². The first-order chi connectivity index (χ1) is 13.4. The van der Waals surface area contributed by atoms with Crippen molar-refractivity contribution in [3.63, 3.8) is 0 Å². The Labute approximate surface area is 171 Å². The zero-order valence-corrected chi connectivity index (χ0v) is 17.8. The van der Waals surface area contributed by atoms with E-state index in [1.807, 2.05) is 11.6 Å². The molecule has 11 heteroatoms. The molecule has 29 heavy (non-hydrogen) atoms. The summed E-state index contributed by atoms with van der Waals surface area (Å²) in [6.45, 7) is 4.13. The maximum atomic E-state index is 12.2. The summed E-state index contributed by atoms with van der Waals surface area (Å²) in [4.78, 5) is 37.7. The summed E-state index contributed by atoms with van der Waals surface area (Å²) in [6, 6.07) is -0.988. The number of nitrogens with two attached hydrogens (primary N) is 2. The molecule has 1 saturated carbocycles. The van der Waals surface area contributed by atoms with E-state index >= 15 is 0 Å². The van der Waals surface area contributed by atoms with Crippen molar-refractivity contribution >= 4 is 27.8 Å². The molecule has 10 nitrogen and oxygen atoms in total. The van der Waals surface area contributed by atoms with Crippen molar-refractivity contribution in [3.8, 4) is 0 Å². The van der Waals surface area contributed by atoms with Crippen molar-refractivity contribution in [2.24, 2.45) is 29.2 Å². The molecule has 164 valence electrons. The predicted molar refractivity (Wildman–Crippen MR) is 105 cm³/mol. The lowest BCUT2D eigenvalue weighted by molar-refractivity contribution is -0.148. The highest BCUT2D eigenvalue weighted by Gasteiger charge is 2.44. The summed E-state index contributed by atoms with van der Waals surface area (Å²) in [5.41, 5.74) is 11.7. The highest BCUT2D eigenvalue weighted by Crippen LogP contribution is 2.41. The summed E-state index contributed by atoms with van der Waals surface area (Å²) < 4.78 is 31.5. The number of carbonyl (C=O) groups excluding carboxylic acids is 3. The number of sulfonamides is 1. The SMILES string of the molecule is CC[C@H](C)[C@H](N)C(=O)NS(=O)(=O)CC(=O)O[C@H]1CC[C@H]2C(C(N)=O)=CN(C)C[C@@H]12. The van der Waals surface area contributed by atoms with Crippen molar-refractivity contribution in [3.05, 3.63) is 11.8 Å². The Hall–Kier alpha value is -2.14. The number of hydrogen-bond donors (Lipinski definition) is 3. The average molecular weight is 431 g/mol. The lowest BCUT2D eigenvalue weighted by atomic mass is 9.85. The summed E-state index contributed by atoms with van der Waals surface area (Å²) >= 11 is 0. The lowest BCUT2D eigenvalue weighted by Crippen LogP contribution is -2.48. The topological polar surface area (TPSA) is 162 Å². The van der Waals surface area contributed by atoms with Crippen LogP contribution in [0.1, 0.15) is 33.1 Å².